The summed E-state index contributed by atoms with van der Waals surface area (Å²) in [7, 11) is 0. The molecule has 1 aromatic rings. The molecule has 5 heteroatoms. The van der Waals surface area contributed by atoms with Gasteiger partial charge in [0.25, 0.3) is 0 Å². The van der Waals surface area contributed by atoms with E-state index in [9.17, 15) is 0 Å². The van der Waals surface area contributed by atoms with E-state index in [1.807, 2.05) is 13.0 Å². The number of anilines is 1. The van der Waals surface area contributed by atoms with Crippen LogP contribution < -0.4 is 9.64 Å². The van der Waals surface area contributed by atoms with Crippen molar-refractivity contribution >= 4 is 17.4 Å². The van der Waals surface area contributed by atoms with Crippen LogP contribution in [0.1, 0.15) is 26.2 Å². The zero-order valence-electron chi connectivity index (χ0n) is 10.1. The van der Waals surface area contributed by atoms with Gasteiger partial charge in [0.2, 0.25) is 5.88 Å². The van der Waals surface area contributed by atoms with Crippen LogP contribution in [0, 0.1) is 0 Å². The third-order valence-corrected chi connectivity index (χ3v) is 3.38. The number of hydrogen-bond donors (Lipinski definition) is 0. The van der Waals surface area contributed by atoms with Gasteiger partial charge in [-0.3, -0.25) is 0 Å². The van der Waals surface area contributed by atoms with Gasteiger partial charge in [-0.05, 0) is 26.2 Å². The lowest BCUT2D eigenvalue weighted by molar-refractivity contribution is 0.326. The Labute approximate surface area is 107 Å². The van der Waals surface area contributed by atoms with Gasteiger partial charge < -0.3 is 9.64 Å². The van der Waals surface area contributed by atoms with Gasteiger partial charge in [-0.25, -0.2) is 9.97 Å². The second-order valence-corrected chi connectivity index (χ2v) is 4.45. The molecule has 4 nitrogen and oxygen atoms in total. The van der Waals surface area contributed by atoms with Gasteiger partial charge in [-0.2, -0.15) is 0 Å². The number of hydrogen-bond acceptors (Lipinski definition) is 4. The lowest BCUT2D eigenvalue weighted by atomic mass is 10.0. The van der Waals surface area contributed by atoms with Crippen LogP contribution in [0.25, 0.3) is 0 Å². The molecule has 1 unspecified atom stereocenters. The van der Waals surface area contributed by atoms with Crippen molar-refractivity contribution in [1.29, 1.82) is 0 Å². The van der Waals surface area contributed by atoms with E-state index in [4.69, 9.17) is 16.3 Å². The Morgan fingerprint density at radius 2 is 2.35 bits per heavy atom. The Morgan fingerprint density at radius 1 is 1.47 bits per heavy atom. The van der Waals surface area contributed by atoms with Crippen LogP contribution >= 0.6 is 11.6 Å². The van der Waals surface area contributed by atoms with Crippen molar-refractivity contribution in [3.63, 3.8) is 0 Å². The van der Waals surface area contributed by atoms with Crippen LogP contribution in [-0.4, -0.2) is 35.0 Å². The van der Waals surface area contributed by atoms with E-state index >= 15 is 0 Å². The molecular weight excluding hydrogens is 238 g/mol. The minimum Gasteiger partial charge on any atom is -0.478 e. The lowest BCUT2D eigenvalue weighted by Crippen LogP contribution is -2.41. The first-order chi connectivity index (χ1) is 8.35. The Morgan fingerprint density at radius 3 is 3.12 bits per heavy atom. The molecule has 0 N–H and O–H groups in total. The average Bonchev–Trinajstić information content (AvgIpc) is 2.39. The van der Waals surface area contributed by atoms with Gasteiger partial charge in [0, 0.05) is 24.5 Å². The Hall–Kier alpha value is -1.03. The highest BCUT2D eigenvalue weighted by atomic mass is 35.5. The van der Waals surface area contributed by atoms with Crippen LogP contribution in [0.2, 0.25) is 0 Å². The molecule has 2 rings (SSSR count). The number of ether oxygens (including phenoxy) is 1. The fourth-order valence-electron chi connectivity index (χ4n) is 2.18. The van der Waals surface area contributed by atoms with Crippen molar-refractivity contribution < 1.29 is 4.74 Å². The number of aromatic nitrogens is 2. The van der Waals surface area contributed by atoms with Crippen LogP contribution in [0.3, 0.4) is 0 Å². The summed E-state index contributed by atoms with van der Waals surface area (Å²) in [6, 6.07) is 2.28. The summed E-state index contributed by atoms with van der Waals surface area (Å²) in [5.74, 6) is 2.21. The van der Waals surface area contributed by atoms with Gasteiger partial charge in [0.15, 0.2) is 0 Å². The molecular formula is C12H18ClN3O. The van der Waals surface area contributed by atoms with Crippen molar-refractivity contribution in [2.75, 3.05) is 23.9 Å². The molecule has 0 saturated carbocycles. The molecule has 1 atom stereocenters. The summed E-state index contributed by atoms with van der Waals surface area (Å²) in [4.78, 5) is 10.7. The van der Waals surface area contributed by atoms with Gasteiger partial charge in [0.05, 0.1) is 6.61 Å². The summed E-state index contributed by atoms with van der Waals surface area (Å²) < 4.78 is 5.40. The van der Waals surface area contributed by atoms with Crippen LogP contribution in [0.4, 0.5) is 5.82 Å². The van der Waals surface area contributed by atoms with E-state index in [1.165, 1.54) is 12.8 Å². The van der Waals surface area contributed by atoms with Gasteiger partial charge in [-0.15, -0.1) is 11.6 Å². The smallest absolute Gasteiger partial charge is 0.218 e. The van der Waals surface area contributed by atoms with Gasteiger partial charge >= 0.3 is 0 Å². The third-order valence-electron chi connectivity index (χ3n) is 3.02. The molecule has 17 heavy (non-hydrogen) atoms. The highest BCUT2D eigenvalue weighted by molar-refractivity contribution is 6.18. The van der Waals surface area contributed by atoms with Crippen molar-refractivity contribution in [2.24, 2.45) is 0 Å². The molecule has 0 aliphatic carbocycles. The van der Waals surface area contributed by atoms with E-state index in [0.717, 1.165) is 18.8 Å². The molecule has 0 amide bonds. The number of alkyl halides is 1. The normalized spacial score (nSPS) is 20.4. The second kappa shape index (κ2) is 6.05. The quantitative estimate of drug-likeness (QED) is 0.775. The largest absolute Gasteiger partial charge is 0.478 e. The first-order valence-corrected chi connectivity index (χ1v) is 6.66. The van der Waals surface area contributed by atoms with E-state index < -0.39 is 0 Å². The summed E-state index contributed by atoms with van der Waals surface area (Å²) >= 11 is 6.01. The summed E-state index contributed by atoms with van der Waals surface area (Å²) in [6.45, 7) is 3.58. The lowest BCUT2D eigenvalue weighted by Gasteiger charge is -2.35. The minimum atomic E-state index is 0.384. The van der Waals surface area contributed by atoms with Gasteiger partial charge in [0.1, 0.15) is 12.1 Å². The Bertz CT molecular complexity index is 361. The third kappa shape index (κ3) is 3.00. The first-order valence-electron chi connectivity index (χ1n) is 6.12. The number of rotatable bonds is 4. The second-order valence-electron chi connectivity index (χ2n) is 4.14. The molecule has 94 valence electrons. The molecule has 0 radical (unpaired) electrons. The van der Waals surface area contributed by atoms with Crippen molar-refractivity contribution in [3.05, 3.63) is 12.4 Å². The highest BCUT2D eigenvalue weighted by Crippen LogP contribution is 2.25. The summed E-state index contributed by atoms with van der Waals surface area (Å²) in [5, 5.41) is 0. The molecule has 1 aromatic heterocycles. The molecule has 1 aliphatic heterocycles. The van der Waals surface area contributed by atoms with Crippen LogP contribution in [0.5, 0.6) is 5.88 Å². The van der Waals surface area contributed by atoms with Gasteiger partial charge in [-0.1, -0.05) is 0 Å². The Balaban J connectivity index is 2.16. The molecule has 1 fully saturated rings. The standard InChI is InChI=1S/C12H18ClN3O/c1-2-17-12-7-11(14-9-15-12)16-6-4-3-5-10(16)8-13/h7,9-10H,2-6,8H2,1H3. The van der Waals surface area contributed by atoms with E-state index in [1.54, 1.807) is 6.33 Å². The topological polar surface area (TPSA) is 38.2 Å². The fourth-order valence-corrected chi connectivity index (χ4v) is 2.50. The predicted molar refractivity (Wildman–Crippen MR) is 68.9 cm³/mol. The molecule has 0 aromatic carbocycles. The van der Waals surface area contributed by atoms with E-state index in [0.29, 0.717) is 24.4 Å². The van der Waals surface area contributed by atoms with Crippen molar-refractivity contribution in [1.82, 2.24) is 9.97 Å². The summed E-state index contributed by atoms with van der Waals surface area (Å²) in [5.41, 5.74) is 0. The zero-order valence-corrected chi connectivity index (χ0v) is 10.9. The molecule has 2 heterocycles. The van der Waals surface area contributed by atoms with Crippen molar-refractivity contribution in [3.8, 4) is 5.88 Å². The first kappa shape index (κ1) is 12.4. The SMILES string of the molecule is CCOc1cc(N2CCCCC2CCl)ncn1. The summed E-state index contributed by atoms with van der Waals surface area (Å²) in [6.07, 6.45) is 5.14. The highest BCUT2D eigenvalue weighted by Gasteiger charge is 2.23. The van der Waals surface area contributed by atoms with Crippen LogP contribution in [-0.2, 0) is 0 Å². The molecule has 0 bridgehead atoms. The number of piperidine rings is 1. The molecule has 0 spiro atoms. The zero-order chi connectivity index (χ0) is 12.1. The maximum Gasteiger partial charge on any atom is 0.218 e. The molecule has 1 aliphatic rings. The Kier molecular flexibility index (Phi) is 4.42. The molecule has 1 saturated heterocycles. The number of nitrogens with zero attached hydrogens (tertiary/aromatic N) is 3. The van der Waals surface area contributed by atoms with Crippen molar-refractivity contribution in [2.45, 2.75) is 32.2 Å². The average molecular weight is 256 g/mol. The number of halogens is 1. The predicted octanol–water partition coefficient (Wildman–Crippen LogP) is 2.47. The van der Waals surface area contributed by atoms with E-state index in [2.05, 4.69) is 14.9 Å². The fraction of sp³-hybridized carbons (Fsp3) is 0.667. The maximum atomic E-state index is 6.01. The monoisotopic (exact) mass is 255 g/mol. The minimum absolute atomic E-state index is 0.384. The van der Waals surface area contributed by atoms with Crippen LogP contribution in [0.15, 0.2) is 12.4 Å². The van der Waals surface area contributed by atoms with E-state index in [-0.39, 0.29) is 0 Å². The maximum absolute atomic E-state index is 6.01.